The van der Waals surface area contributed by atoms with E-state index in [0.717, 1.165) is 16.5 Å². The Labute approximate surface area is 179 Å². The van der Waals surface area contributed by atoms with Crippen LogP contribution in [0.4, 0.5) is 11.6 Å². The molecule has 0 saturated carbocycles. The van der Waals surface area contributed by atoms with Crippen LogP contribution < -0.4 is 11.1 Å². The second kappa shape index (κ2) is 9.01. The molecular weight excluding hydrogens is 394 g/mol. The molecule has 158 valence electrons. The van der Waals surface area contributed by atoms with Crippen LogP contribution in [0.3, 0.4) is 0 Å². The molecule has 0 unspecified atom stereocenters. The number of fused-ring (bicyclic) bond motifs is 1. The maximum atomic E-state index is 12.3. The van der Waals surface area contributed by atoms with Crippen LogP contribution in [0.1, 0.15) is 18.4 Å². The van der Waals surface area contributed by atoms with E-state index in [1.54, 1.807) is 24.7 Å². The van der Waals surface area contributed by atoms with Crippen molar-refractivity contribution in [1.29, 1.82) is 0 Å². The lowest BCUT2D eigenvalue weighted by Crippen LogP contribution is -2.22. The standard InChI is InChI=1S/C23H23N5O3/c1-14-4-7-25-12-17(14)19-10-16-11-21(26-13-18(16)23(24)27-19)28-22(30)3-2-20(29)15-5-8-31-9-6-15/h2-4,7,10-13,15H,5-6,8-9H2,1H3,(H2,24,27)(H,26,28,30)/b3-2+. The number of amides is 1. The van der Waals surface area contributed by atoms with E-state index < -0.39 is 5.91 Å². The van der Waals surface area contributed by atoms with Gasteiger partial charge in [0.1, 0.15) is 11.6 Å². The van der Waals surface area contributed by atoms with Gasteiger partial charge in [-0.15, -0.1) is 0 Å². The minimum absolute atomic E-state index is 0.0553. The van der Waals surface area contributed by atoms with Crippen LogP contribution in [-0.2, 0) is 14.3 Å². The summed E-state index contributed by atoms with van der Waals surface area (Å²) in [6.07, 6.45) is 8.99. The monoisotopic (exact) mass is 417 g/mol. The molecule has 0 aromatic carbocycles. The molecule has 1 aliphatic heterocycles. The van der Waals surface area contributed by atoms with Crippen molar-refractivity contribution < 1.29 is 14.3 Å². The summed E-state index contributed by atoms with van der Waals surface area (Å²) in [5.41, 5.74) is 8.74. The number of allylic oxidation sites excluding steroid dienone is 1. The minimum Gasteiger partial charge on any atom is -0.383 e. The number of hydrogen-bond acceptors (Lipinski definition) is 7. The van der Waals surface area contributed by atoms with Crippen molar-refractivity contribution in [3.05, 3.63) is 54.5 Å². The molecule has 0 bridgehead atoms. The number of nitrogens with zero attached hydrogens (tertiary/aromatic N) is 3. The number of anilines is 2. The number of pyridine rings is 3. The number of rotatable bonds is 5. The van der Waals surface area contributed by atoms with Crippen molar-refractivity contribution >= 4 is 34.1 Å². The first kappa shape index (κ1) is 20.6. The highest BCUT2D eigenvalue weighted by atomic mass is 16.5. The zero-order valence-corrected chi connectivity index (χ0v) is 17.2. The molecule has 0 radical (unpaired) electrons. The molecule has 1 fully saturated rings. The van der Waals surface area contributed by atoms with Crippen LogP contribution in [0.15, 0.2) is 48.9 Å². The molecule has 1 saturated heterocycles. The molecule has 8 nitrogen and oxygen atoms in total. The van der Waals surface area contributed by atoms with Crippen molar-refractivity contribution in [2.24, 2.45) is 5.92 Å². The first-order valence-electron chi connectivity index (χ1n) is 10.1. The first-order chi connectivity index (χ1) is 15.0. The van der Waals surface area contributed by atoms with Gasteiger partial charge in [-0.1, -0.05) is 0 Å². The van der Waals surface area contributed by atoms with Crippen LogP contribution in [0.5, 0.6) is 0 Å². The molecular formula is C23H23N5O3. The summed E-state index contributed by atoms with van der Waals surface area (Å²) in [5.74, 6) is 0.155. The van der Waals surface area contributed by atoms with Gasteiger partial charge < -0.3 is 15.8 Å². The van der Waals surface area contributed by atoms with Crippen LogP contribution in [0.2, 0.25) is 0 Å². The van der Waals surface area contributed by atoms with E-state index >= 15 is 0 Å². The lowest BCUT2D eigenvalue weighted by Gasteiger charge is -2.19. The number of hydrogen-bond donors (Lipinski definition) is 2. The normalized spacial score (nSPS) is 14.7. The highest BCUT2D eigenvalue weighted by Gasteiger charge is 2.19. The maximum Gasteiger partial charge on any atom is 0.249 e. The zero-order valence-electron chi connectivity index (χ0n) is 17.2. The Balaban J connectivity index is 1.53. The van der Waals surface area contributed by atoms with Gasteiger partial charge in [-0.25, -0.2) is 9.97 Å². The average molecular weight is 417 g/mol. The van der Waals surface area contributed by atoms with Gasteiger partial charge in [0.2, 0.25) is 5.91 Å². The Morgan fingerprint density at radius 3 is 2.77 bits per heavy atom. The van der Waals surface area contributed by atoms with Gasteiger partial charge in [-0.3, -0.25) is 14.6 Å². The molecule has 8 heteroatoms. The molecule has 3 aromatic rings. The Hall–Kier alpha value is -3.65. The number of aromatic nitrogens is 3. The third-order valence-corrected chi connectivity index (χ3v) is 5.33. The Morgan fingerprint density at radius 1 is 1.19 bits per heavy atom. The van der Waals surface area contributed by atoms with Gasteiger partial charge in [-0.05, 0) is 55.0 Å². The second-order valence-corrected chi connectivity index (χ2v) is 7.49. The maximum absolute atomic E-state index is 12.3. The molecule has 0 aliphatic carbocycles. The van der Waals surface area contributed by atoms with Crippen molar-refractivity contribution in [2.75, 3.05) is 24.3 Å². The van der Waals surface area contributed by atoms with E-state index in [2.05, 4.69) is 20.3 Å². The number of ether oxygens (including phenoxy) is 1. The van der Waals surface area contributed by atoms with Crippen molar-refractivity contribution in [3.63, 3.8) is 0 Å². The summed E-state index contributed by atoms with van der Waals surface area (Å²) in [6, 6.07) is 5.52. The summed E-state index contributed by atoms with van der Waals surface area (Å²) in [6.45, 7) is 3.14. The van der Waals surface area contributed by atoms with E-state index in [4.69, 9.17) is 10.5 Å². The fraction of sp³-hybridized carbons (Fsp3) is 0.261. The van der Waals surface area contributed by atoms with Gasteiger partial charge in [-0.2, -0.15) is 0 Å². The largest absolute Gasteiger partial charge is 0.383 e. The molecule has 4 heterocycles. The van der Waals surface area contributed by atoms with E-state index in [1.165, 1.54) is 12.2 Å². The summed E-state index contributed by atoms with van der Waals surface area (Å²) in [4.78, 5) is 37.4. The summed E-state index contributed by atoms with van der Waals surface area (Å²) in [7, 11) is 0. The number of ketones is 1. The summed E-state index contributed by atoms with van der Waals surface area (Å²) < 4.78 is 5.26. The van der Waals surface area contributed by atoms with Crippen LogP contribution in [-0.4, -0.2) is 39.9 Å². The number of nitrogens with one attached hydrogen (secondary N) is 1. The van der Waals surface area contributed by atoms with E-state index in [9.17, 15) is 9.59 Å². The van der Waals surface area contributed by atoms with Crippen molar-refractivity contribution in [2.45, 2.75) is 19.8 Å². The van der Waals surface area contributed by atoms with Crippen LogP contribution >= 0.6 is 0 Å². The van der Waals surface area contributed by atoms with Gasteiger partial charge >= 0.3 is 0 Å². The number of carbonyl (C=O) groups is 2. The van der Waals surface area contributed by atoms with Gasteiger partial charge in [0, 0.05) is 54.7 Å². The Morgan fingerprint density at radius 2 is 2.00 bits per heavy atom. The first-order valence-corrected chi connectivity index (χ1v) is 10.1. The Kier molecular flexibility index (Phi) is 5.99. The molecule has 3 N–H and O–H groups in total. The summed E-state index contributed by atoms with van der Waals surface area (Å²) >= 11 is 0. The van der Waals surface area contributed by atoms with Crippen molar-refractivity contribution in [3.8, 4) is 11.3 Å². The average Bonchev–Trinajstić information content (AvgIpc) is 2.78. The topological polar surface area (TPSA) is 120 Å². The quantitative estimate of drug-likeness (QED) is 0.612. The van der Waals surface area contributed by atoms with Crippen LogP contribution in [0.25, 0.3) is 22.0 Å². The fourth-order valence-electron chi connectivity index (χ4n) is 3.56. The molecule has 1 amide bonds. The van der Waals surface area contributed by atoms with E-state index in [1.807, 2.05) is 19.1 Å². The SMILES string of the molecule is Cc1ccncc1-c1cc2cc(NC(=O)/C=C/C(=O)C3CCOCC3)ncc2c(N)n1. The number of aryl methyl sites for hydroxylation is 1. The van der Waals surface area contributed by atoms with E-state index in [0.29, 0.717) is 48.8 Å². The predicted molar refractivity (Wildman–Crippen MR) is 118 cm³/mol. The Bertz CT molecular complexity index is 1170. The third-order valence-electron chi connectivity index (χ3n) is 5.33. The van der Waals surface area contributed by atoms with Crippen molar-refractivity contribution in [1.82, 2.24) is 15.0 Å². The molecule has 4 rings (SSSR count). The van der Waals surface area contributed by atoms with Gasteiger partial charge in [0.15, 0.2) is 5.78 Å². The lowest BCUT2D eigenvalue weighted by molar-refractivity contribution is -0.121. The molecule has 1 aliphatic rings. The minimum atomic E-state index is -0.419. The predicted octanol–water partition coefficient (Wildman–Crippen LogP) is 3.07. The van der Waals surface area contributed by atoms with Crippen LogP contribution in [0, 0.1) is 12.8 Å². The summed E-state index contributed by atoms with van der Waals surface area (Å²) in [5, 5.41) is 4.17. The van der Waals surface area contributed by atoms with Gasteiger partial charge in [0.05, 0.1) is 5.69 Å². The van der Waals surface area contributed by atoms with Gasteiger partial charge in [0.25, 0.3) is 0 Å². The highest BCUT2D eigenvalue weighted by molar-refractivity contribution is 6.05. The zero-order chi connectivity index (χ0) is 21.8. The second-order valence-electron chi connectivity index (χ2n) is 7.49. The molecule has 3 aromatic heterocycles. The number of carbonyl (C=O) groups excluding carboxylic acids is 2. The highest BCUT2D eigenvalue weighted by Crippen LogP contribution is 2.28. The molecule has 31 heavy (non-hydrogen) atoms. The molecule has 0 spiro atoms. The van der Waals surface area contributed by atoms with E-state index in [-0.39, 0.29) is 11.7 Å². The number of nitrogens with two attached hydrogens (primary N) is 1. The molecule has 0 atom stereocenters. The lowest BCUT2D eigenvalue weighted by atomic mass is 9.95. The number of nitrogen functional groups attached to an aromatic ring is 1. The fourth-order valence-corrected chi connectivity index (χ4v) is 3.56. The third kappa shape index (κ3) is 4.75. The smallest absolute Gasteiger partial charge is 0.249 e.